The molecule has 1 heterocycles. The Kier molecular flexibility index (Phi) is 7.90. The van der Waals surface area contributed by atoms with Gasteiger partial charge in [0.25, 0.3) is 0 Å². The minimum Gasteiger partial charge on any atom is -0.481 e. The fourth-order valence-electron chi connectivity index (χ4n) is 4.61. The third kappa shape index (κ3) is 5.95. The number of hydrogen-bond donors (Lipinski definition) is 1. The Morgan fingerprint density at radius 3 is 2.11 bits per heavy atom. The molecule has 6 nitrogen and oxygen atoms in total. The van der Waals surface area contributed by atoms with Crippen molar-refractivity contribution in [2.24, 2.45) is 23.2 Å². The van der Waals surface area contributed by atoms with Gasteiger partial charge in [0.15, 0.2) is 0 Å². The molecule has 0 radical (unpaired) electrons. The maximum atomic E-state index is 12.6. The van der Waals surface area contributed by atoms with Gasteiger partial charge in [-0.3, -0.25) is 14.4 Å². The summed E-state index contributed by atoms with van der Waals surface area (Å²) in [6, 6.07) is 0. The second-order valence-electron chi connectivity index (χ2n) is 9.51. The zero-order valence-electron chi connectivity index (χ0n) is 18.1. The molecule has 2 rings (SSSR count). The van der Waals surface area contributed by atoms with Gasteiger partial charge in [0.1, 0.15) is 0 Å². The van der Waals surface area contributed by atoms with E-state index in [2.05, 4.69) is 20.8 Å². The number of aliphatic carboxylic acids is 1. The minimum absolute atomic E-state index is 0.0481. The van der Waals surface area contributed by atoms with Gasteiger partial charge in [0, 0.05) is 26.6 Å². The molecular weight excluding hydrogens is 356 g/mol. The summed E-state index contributed by atoms with van der Waals surface area (Å²) in [5.74, 6) is 0.0184. The van der Waals surface area contributed by atoms with E-state index in [1.165, 1.54) is 19.3 Å². The van der Waals surface area contributed by atoms with Crippen LogP contribution in [-0.4, -0.2) is 59.4 Å². The minimum atomic E-state index is -0.781. The van der Waals surface area contributed by atoms with Crippen molar-refractivity contribution in [3.05, 3.63) is 0 Å². The third-order valence-corrected chi connectivity index (χ3v) is 7.32. The van der Waals surface area contributed by atoms with Crippen LogP contribution in [0, 0.1) is 23.2 Å². The highest BCUT2D eigenvalue weighted by Gasteiger charge is 2.33. The van der Waals surface area contributed by atoms with E-state index in [9.17, 15) is 14.4 Å². The Hall–Kier alpha value is -1.59. The molecule has 2 aliphatic rings. The monoisotopic (exact) mass is 394 g/mol. The lowest BCUT2D eigenvalue weighted by atomic mass is 9.67. The number of amides is 2. The summed E-state index contributed by atoms with van der Waals surface area (Å²) in [5, 5.41) is 9.06. The Labute approximate surface area is 169 Å². The molecule has 0 aromatic rings. The van der Waals surface area contributed by atoms with E-state index >= 15 is 0 Å². The Morgan fingerprint density at radius 1 is 1.04 bits per heavy atom. The molecule has 160 valence electrons. The molecule has 1 aliphatic heterocycles. The number of piperidine rings is 1. The summed E-state index contributed by atoms with van der Waals surface area (Å²) in [5.41, 5.74) is 0.381. The predicted molar refractivity (Wildman–Crippen MR) is 109 cm³/mol. The van der Waals surface area contributed by atoms with Crippen LogP contribution in [-0.2, 0) is 14.4 Å². The van der Waals surface area contributed by atoms with Gasteiger partial charge in [0.2, 0.25) is 11.8 Å². The number of hydrogen-bond acceptors (Lipinski definition) is 3. The van der Waals surface area contributed by atoms with Crippen molar-refractivity contribution in [3.8, 4) is 0 Å². The van der Waals surface area contributed by atoms with Crippen molar-refractivity contribution >= 4 is 17.8 Å². The molecule has 0 unspecified atom stereocenters. The number of carbonyl (C=O) groups is 3. The van der Waals surface area contributed by atoms with Crippen molar-refractivity contribution in [2.75, 3.05) is 26.7 Å². The largest absolute Gasteiger partial charge is 0.481 e. The van der Waals surface area contributed by atoms with E-state index in [0.717, 1.165) is 18.8 Å². The number of likely N-dealkylation sites (tertiary alicyclic amines) is 1. The molecule has 1 saturated heterocycles. The number of carboxylic acid groups (broad SMARTS) is 1. The number of nitrogens with zero attached hydrogens (tertiary/aromatic N) is 2. The van der Waals surface area contributed by atoms with E-state index in [4.69, 9.17) is 5.11 Å². The summed E-state index contributed by atoms with van der Waals surface area (Å²) >= 11 is 0. The smallest absolute Gasteiger partial charge is 0.306 e. The number of carboxylic acids is 1. The van der Waals surface area contributed by atoms with E-state index in [1.54, 1.807) is 16.8 Å². The second-order valence-corrected chi connectivity index (χ2v) is 9.51. The molecule has 1 aliphatic carbocycles. The molecule has 1 N–H and O–H groups in total. The van der Waals surface area contributed by atoms with Crippen LogP contribution in [0.1, 0.15) is 72.1 Å². The average Bonchev–Trinajstić information content (AvgIpc) is 2.68. The molecule has 2 fully saturated rings. The van der Waals surface area contributed by atoms with Crippen LogP contribution in [0.2, 0.25) is 0 Å². The second kappa shape index (κ2) is 9.75. The lowest BCUT2D eigenvalue weighted by molar-refractivity contribution is -0.146. The fourth-order valence-corrected chi connectivity index (χ4v) is 4.61. The normalized spacial score (nSPS) is 24.1. The molecule has 0 spiro atoms. The number of carbonyl (C=O) groups excluding carboxylic acids is 2. The number of likely N-dealkylation sites (N-methyl/N-ethyl adjacent to an activating group) is 1. The maximum absolute atomic E-state index is 12.6. The zero-order chi connectivity index (χ0) is 20.9. The van der Waals surface area contributed by atoms with Crippen molar-refractivity contribution in [1.29, 1.82) is 0 Å². The average molecular weight is 395 g/mol. The first-order valence-electron chi connectivity index (χ1n) is 10.9. The van der Waals surface area contributed by atoms with Crippen LogP contribution >= 0.6 is 0 Å². The molecule has 0 aromatic heterocycles. The lowest BCUT2D eigenvalue weighted by Crippen LogP contribution is -2.45. The Bertz CT molecular complexity index is 559. The molecule has 0 atom stereocenters. The zero-order valence-corrected chi connectivity index (χ0v) is 18.1. The van der Waals surface area contributed by atoms with Crippen LogP contribution < -0.4 is 0 Å². The van der Waals surface area contributed by atoms with Gasteiger partial charge >= 0.3 is 5.97 Å². The van der Waals surface area contributed by atoms with Crippen LogP contribution in [0.3, 0.4) is 0 Å². The number of rotatable bonds is 7. The highest BCUT2D eigenvalue weighted by molar-refractivity contribution is 5.85. The van der Waals surface area contributed by atoms with Gasteiger partial charge in [-0.25, -0.2) is 0 Å². The van der Waals surface area contributed by atoms with Crippen LogP contribution in [0.5, 0.6) is 0 Å². The van der Waals surface area contributed by atoms with Crippen molar-refractivity contribution in [2.45, 2.75) is 72.1 Å². The molecule has 1 saturated carbocycles. The molecule has 6 heteroatoms. The Morgan fingerprint density at radius 2 is 1.61 bits per heavy atom. The summed E-state index contributed by atoms with van der Waals surface area (Å²) in [4.78, 5) is 39.3. The maximum Gasteiger partial charge on any atom is 0.306 e. The summed E-state index contributed by atoms with van der Waals surface area (Å²) in [7, 11) is 1.70. The van der Waals surface area contributed by atoms with Crippen LogP contribution in [0.15, 0.2) is 0 Å². The third-order valence-electron chi connectivity index (χ3n) is 7.32. The van der Waals surface area contributed by atoms with E-state index < -0.39 is 5.97 Å². The lowest BCUT2D eigenvalue weighted by Gasteiger charge is -2.39. The quantitative estimate of drug-likeness (QED) is 0.718. The molecule has 28 heavy (non-hydrogen) atoms. The van der Waals surface area contributed by atoms with Crippen LogP contribution in [0.25, 0.3) is 0 Å². The van der Waals surface area contributed by atoms with Gasteiger partial charge in [-0.05, 0) is 55.8 Å². The van der Waals surface area contributed by atoms with Crippen molar-refractivity contribution < 1.29 is 19.5 Å². The standard InChI is InChI=1S/C22H38N2O4/c1-5-22(2,3)18-8-6-16(7-9-18)14-19(25)23(4)15-20(26)24-12-10-17(11-13-24)21(27)28/h16-18H,5-15H2,1-4H3,(H,27,28). The first kappa shape index (κ1) is 22.7. The molecular formula is C22H38N2O4. The summed E-state index contributed by atoms with van der Waals surface area (Å²) in [6.45, 7) is 7.98. The fraction of sp³-hybridized carbons (Fsp3) is 0.864. The van der Waals surface area contributed by atoms with Crippen molar-refractivity contribution in [1.82, 2.24) is 9.80 Å². The predicted octanol–water partition coefficient (Wildman–Crippen LogP) is 3.40. The van der Waals surface area contributed by atoms with E-state index in [1.807, 2.05) is 0 Å². The van der Waals surface area contributed by atoms with Gasteiger partial charge in [0.05, 0.1) is 12.5 Å². The molecule has 0 aromatic carbocycles. The van der Waals surface area contributed by atoms with Gasteiger partial charge in [-0.15, -0.1) is 0 Å². The Balaban J connectivity index is 1.73. The first-order valence-corrected chi connectivity index (χ1v) is 10.9. The summed E-state index contributed by atoms with van der Waals surface area (Å²) in [6.07, 6.45) is 7.31. The summed E-state index contributed by atoms with van der Waals surface area (Å²) < 4.78 is 0. The highest BCUT2D eigenvalue weighted by Crippen LogP contribution is 2.42. The van der Waals surface area contributed by atoms with Gasteiger partial charge in [-0.2, -0.15) is 0 Å². The highest BCUT2D eigenvalue weighted by atomic mass is 16.4. The van der Waals surface area contributed by atoms with E-state index in [0.29, 0.717) is 43.7 Å². The van der Waals surface area contributed by atoms with E-state index in [-0.39, 0.29) is 24.3 Å². The van der Waals surface area contributed by atoms with Gasteiger partial charge in [-0.1, -0.05) is 27.2 Å². The van der Waals surface area contributed by atoms with Crippen LogP contribution in [0.4, 0.5) is 0 Å². The molecule has 0 bridgehead atoms. The SMILES string of the molecule is CCC(C)(C)C1CCC(CC(=O)N(C)CC(=O)N2CCC(C(=O)O)CC2)CC1. The topological polar surface area (TPSA) is 77.9 Å². The molecule has 2 amide bonds. The van der Waals surface area contributed by atoms with Crippen molar-refractivity contribution in [3.63, 3.8) is 0 Å². The van der Waals surface area contributed by atoms with Gasteiger partial charge < -0.3 is 14.9 Å². The first-order chi connectivity index (χ1) is 13.1.